The number of rotatable bonds is 4. The maximum atomic E-state index is 12.1. The highest BCUT2D eigenvalue weighted by Crippen LogP contribution is 2.35. The molecular formula is C17H15ClN2O3S. The second kappa shape index (κ2) is 7.07. The van der Waals surface area contributed by atoms with Gasteiger partial charge in [0, 0.05) is 10.6 Å². The Kier molecular flexibility index (Phi) is 4.87. The number of benzene rings is 2. The lowest BCUT2D eigenvalue weighted by molar-refractivity contribution is -0.116. The highest BCUT2D eigenvalue weighted by molar-refractivity contribution is 8.05. The Bertz CT molecular complexity index is 810. The number of halogens is 1. The van der Waals surface area contributed by atoms with Crippen molar-refractivity contribution in [2.24, 2.45) is 0 Å². The molecular weight excluding hydrogens is 348 g/mol. The maximum absolute atomic E-state index is 12.1. The van der Waals surface area contributed by atoms with E-state index in [1.54, 1.807) is 55.7 Å². The summed E-state index contributed by atoms with van der Waals surface area (Å²) in [6, 6.07) is 12.1. The predicted molar refractivity (Wildman–Crippen MR) is 97.2 cm³/mol. The molecule has 2 aromatic carbocycles. The third-order valence-electron chi connectivity index (χ3n) is 3.40. The number of ether oxygens (including phenoxy) is 1. The first-order chi connectivity index (χ1) is 11.6. The molecule has 0 aromatic heterocycles. The summed E-state index contributed by atoms with van der Waals surface area (Å²) in [6.07, 6.45) is 1.66. The first-order valence-corrected chi connectivity index (χ1v) is 8.40. The number of hydrogen-bond acceptors (Lipinski definition) is 5. The lowest BCUT2D eigenvalue weighted by Crippen LogP contribution is -2.31. The average Bonchev–Trinajstić information content (AvgIpc) is 2.89. The number of carbonyl (C=O) groups is 1. The topological polar surface area (TPSA) is 70.6 Å². The van der Waals surface area contributed by atoms with Crippen molar-refractivity contribution in [3.8, 4) is 11.5 Å². The number of anilines is 1. The average molecular weight is 363 g/mol. The summed E-state index contributed by atoms with van der Waals surface area (Å²) < 4.78 is 5.28. The van der Waals surface area contributed by atoms with Crippen LogP contribution in [0.5, 0.6) is 11.5 Å². The van der Waals surface area contributed by atoms with Crippen molar-refractivity contribution in [1.82, 2.24) is 5.32 Å². The normalized spacial score (nSPS) is 18.5. The quantitative estimate of drug-likeness (QED) is 0.724. The predicted octanol–water partition coefficient (Wildman–Crippen LogP) is 3.65. The van der Waals surface area contributed by atoms with Crippen LogP contribution in [0.2, 0.25) is 5.02 Å². The number of para-hydroxylation sites is 1. The van der Waals surface area contributed by atoms with Crippen LogP contribution in [-0.2, 0) is 4.79 Å². The fourth-order valence-electron chi connectivity index (χ4n) is 2.25. The number of methoxy groups -OCH3 is 1. The van der Waals surface area contributed by atoms with Gasteiger partial charge in [-0.05, 0) is 30.3 Å². The molecule has 0 spiro atoms. The Balaban J connectivity index is 1.78. The summed E-state index contributed by atoms with van der Waals surface area (Å²) in [6.45, 7) is 0. The monoisotopic (exact) mass is 362 g/mol. The van der Waals surface area contributed by atoms with Gasteiger partial charge in [0.25, 0.3) is 5.91 Å². The second-order valence-electron chi connectivity index (χ2n) is 5.03. The summed E-state index contributed by atoms with van der Waals surface area (Å²) in [4.78, 5) is 12.6. The third-order valence-corrected chi connectivity index (χ3v) is 4.67. The fraction of sp³-hybridized carbons (Fsp3) is 0.118. The number of thioether (sulfide) groups is 1. The molecule has 1 saturated heterocycles. The van der Waals surface area contributed by atoms with E-state index in [1.807, 2.05) is 0 Å². The van der Waals surface area contributed by atoms with E-state index in [4.69, 9.17) is 16.3 Å². The number of amides is 1. The van der Waals surface area contributed by atoms with Crippen LogP contribution in [0, 0.1) is 0 Å². The Hall–Kier alpha value is -2.31. The van der Waals surface area contributed by atoms with E-state index in [2.05, 4.69) is 10.6 Å². The van der Waals surface area contributed by atoms with E-state index < -0.39 is 0 Å². The van der Waals surface area contributed by atoms with Gasteiger partial charge in [0.05, 0.1) is 17.7 Å². The Morgan fingerprint density at radius 1 is 1.33 bits per heavy atom. The molecule has 1 amide bonds. The smallest absolute Gasteiger partial charge is 0.260 e. The number of hydrogen-bond donors (Lipinski definition) is 3. The number of phenolic OH excluding ortho intramolecular Hbond substituents is 1. The minimum absolute atomic E-state index is 0.131. The molecule has 1 unspecified atom stereocenters. The van der Waals surface area contributed by atoms with Crippen LogP contribution >= 0.6 is 23.4 Å². The Morgan fingerprint density at radius 2 is 2.12 bits per heavy atom. The SMILES string of the molecule is COc1ccc(Cl)cc1NC1NC(=O)/C(=C/c2ccccc2O)S1. The van der Waals surface area contributed by atoms with Crippen LogP contribution < -0.4 is 15.4 Å². The molecule has 0 saturated carbocycles. The van der Waals surface area contributed by atoms with Gasteiger partial charge in [-0.3, -0.25) is 4.79 Å². The lowest BCUT2D eigenvalue weighted by Gasteiger charge is -2.15. The van der Waals surface area contributed by atoms with Crippen LogP contribution in [-0.4, -0.2) is 23.6 Å². The van der Waals surface area contributed by atoms with Crippen LogP contribution in [0.1, 0.15) is 5.56 Å². The fourth-order valence-corrected chi connectivity index (χ4v) is 3.39. The van der Waals surface area contributed by atoms with Crippen LogP contribution in [0.25, 0.3) is 6.08 Å². The molecule has 0 aliphatic carbocycles. The van der Waals surface area contributed by atoms with E-state index >= 15 is 0 Å². The maximum Gasteiger partial charge on any atom is 0.260 e. The summed E-state index contributed by atoms with van der Waals surface area (Å²) in [5.41, 5.74) is 0.921. The molecule has 3 rings (SSSR count). The van der Waals surface area contributed by atoms with Crippen molar-refractivity contribution in [2.75, 3.05) is 12.4 Å². The number of aromatic hydroxyl groups is 1. The van der Waals surface area contributed by atoms with Gasteiger partial charge in [-0.25, -0.2) is 0 Å². The van der Waals surface area contributed by atoms with E-state index in [1.165, 1.54) is 11.8 Å². The number of phenols is 1. The van der Waals surface area contributed by atoms with Crippen molar-refractivity contribution in [3.63, 3.8) is 0 Å². The van der Waals surface area contributed by atoms with Crippen LogP contribution in [0.15, 0.2) is 47.4 Å². The van der Waals surface area contributed by atoms with Crippen LogP contribution in [0.3, 0.4) is 0 Å². The molecule has 0 radical (unpaired) electrons. The van der Waals surface area contributed by atoms with Gasteiger partial charge in [-0.1, -0.05) is 41.6 Å². The summed E-state index contributed by atoms with van der Waals surface area (Å²) in [7, 11) is 1.57. The standard InChI is InChI=1S/C17H15ClN2O3S/c1-23-14-7-6-11(18)9-12(14)19-17-20-16(22)15(24-17)8-10-4-2-3-5-13(10)21/h2-9,17,19,21H,1H3,(H,20,22)/b15-8-. The second-order valence-corrected chi connectivity index (χ2v) is 6.61. The van der Waals surface area contributed by atoms with Gasteiger partial charge in [0.1, 0.15) is 11.5 Å². The number of nitrogens with one attached hydrogen (secondary N) is 2. The molecule has 2 aromatic rings. The Labute approximate surface area is 148 Å². The molecule has 1 atom stereocenters. The minimum Gasteiger partial charge on any atom is -0.507 e. The molecule has 1 aliphatic heterocycles. The minimum atomic E-state index is -0.359. The zero-order valence-electron chi connectivity index (χ0n) is 12.7. The van der Waals surface area contributed by atoms with E-state index in [0.717, 1.165) is 0 Å². The zero-order valence-corrected chi connectivity index (χ0v) is 14.3. The summed E-state index contributed by atoms with van der Waals surface area (Å²) in [5.74, 6) is 0.556. The zero-order chi connectivity index (χ0) is 17.1. The molecule has 1 aliphatic rings. The molecule has 1 heterocycles. The van der Waals surface area contributed by atoms with Crippen molar-refractivity contribution in [3.05, 3.63) is 58.0 Å². The van der Waals surface area contributed by atoms with Crippen LogP contribution in [0.4, 0.5) is 5.69 Å². The van der Waals surface area contributed by atoms with Gasteiger partial charge < -0.3 is 20.5 Å². The molecule has 7 heteroatoms. The first-order valence-electron chi connectivity index (χ1n) is 7.14. The van der Waals surface area contributed by atoms with E-state index in [0.29, 0.717) is 26.9 Å². The molecule has 3 N–H and O–H groups in total. The van der Waals surface area contributed by atoms with Crippen molar-refractivity contribution < 1.29 is 14.6 Å². The van der Waals surface area contributed by atoms with Crippen molar-refractivity contribution in [1.29, 1.82) is 0 Å². The van der Waals surface area contributed by atoms with Gasteiger partial charge >= 0.3 is 0 Å². The van der Waals surface area contributed by atoms with E-state index in [-0.39, 0.29) is 17.2 Å². The summed E-state index contributed by atoms with van der Waals surface area (Å²) >= 11 is 7.33. The Morgan fingerprint density at radius 3 is 2.88 bits per heavy atom. The van der Waals surface area contributed by atoms with Crippen molar-refractivity contribution >= 4 is 41.0 Å². The lowest BCUT2D eigenvalue weighted by atomic mass is 10.2. The van der Waals surface area contributed by atoms with Gasteiger partial charge in [-0.15, -0.1) is 0 Å². The third kappa shape index (κ3) is 3.60. The molecule has 1 fully saturated rings. The molecule has 0 bridgehead atoms. The van der Waals surface area contributed by atoms with Gasteiger partial charge in [0.15, 0.2) is 5.50 Å². The van der Waals surface area contributed by atoms with Gasteiger partial charge in [-0.2, -0.15) is 0 Å². The largest absolute Gasteiger partial charge is 0.507 e. The highest BCUT2D eigenvalue weighted by atomic mass is 35.5. The van der Waals surface area contributed by atoms with Gasteiger partial charge in [0.2, 0.25) is 0 Å². The number of carbonyl (C=O) groups excluding carboxylic acids is 1. The first kappa shape index (κ1) is 16.5. The summed E-state index contributed by atoms with van der Waals surface area (Å²) in [5, 5.41) is 16.4. The molecule has 5 nitrogen and oxygen atoms in total. The highest BCUT2D eigenvalue weighted by Gasteiger charge is 2.28. The molecule has 24 heavy (non-hydrogen) atoms. The molecule has 124 valence electrons. The van der Waals surface area contributed by atoms with E-state index in [9.17, 15) is 9.90 Å². The van der Waals surface area contributed by atoms with Crippen molar-refractivity contribution in [2.45, 2.75) is 5.50 Å².